The number of amides is 6. The van der Waals surface area contributed by atoms with E-state index in [1.165, 1.54) is 39.5 Å². The first kappa shape index (κ1) is 44.7. The van der Waals surface area contributed by atoms with Crippen LogP contribution in [0.15, 0.2) is 0 Å². The minimum atomic E-state index is -0.997. The van der Waals surface area contributed by atoms with Gasteiger partial charge in [-0.05, 0) is 77.3 Å². The minimum absolute atomic E-state index is 0.220. The summed E-state index contributed by atoms with van der Waals surface area (Å²) in [6, 6.07) is -3.39. The number of hydrogen-bond donors (Lipinski definition) is 8. The number of carbonyl (C=O) groups is 6. The molecule has 0 saturated carbocycles. The van der Waals surface area contributed by atoms with Gasteiger partial charge in [0, 0.05) is 20.4 Å². The van der Waals surface area contributed by atoms with Crippen LogP contribution in [0.3, 0.4) is 0 Å². The molecular formula is C34H66N8O6. The van der Waals surface area contributed by atoms with Crippen molar-refractivity contribution in [2.24, 2.45) is 17.2 Å². The summed E-state index contributed by atoms with van der Waals surface area (Å²) in [4.78, 5) is 75.1. The lowest BCUT2D eigenvalue weighted by molar-refractivity contribution is -0.133. The third-order valence-electron chi connectivity index (χ3n) is 8.14. The van der Waals surface area contributed by atoms with E-state index in [4.69, 9.17) is 17.2 Å². The highest BCUT2D eigenvalue weighted by molar-refractivity contribution is 5.93. The normalized spacial score (nSPS) is 13.4. The van der Waals surface area contributed by atoms with Gasteiger partial charge in [-0.15, -0.1) is 0 Å². The maximum atomic E-state index is 13.5. The Hall–Kier alpha value is -3.26. The van der Waals surface area contributed by atoms with Gasteiger partial charge >= 0.3 is 0 Å². The second kappa shape index (κ2) is 28.7. The summed E-state index contributed by atoms with van der Waals surface area (Å²) in [6.07, 6.45) is 13.8. The Bertz CT molecular complexity index is 951. The maximum absolute atomic E-state index is 13.5. The third-order valence-corrected chi connectivity index (χ3v) is 8.14. The number of hydrogen-bond acceptors (Lipinski definition) is 8. The molecule has 278 valence electrons. The van der Waals surface area contributed by atoms with E-state index in [-0.39, 0.29) is 24.1 Å². The van der Waals surface area contributed by atoms with Crippen LogP contribution in [-0.4, -0.2) is 79.2 Å². The van der Waals surface area contributed by atoms with Crippen LogP contribution in [0, 0.1) is 0 Å². The zero-order valence-electron chi connectivity index (χ0n) is 29.8. The fourth-order valence-corrected chi connectivity index (χ4v) is 5.40. The van der Waals surface area contributed by atoms with Crippen molar-refractivity contribution in [1.82, 2.24) is 26.6 Å². The summed E-state index contributed by atoms with van der Waals surface area (Å²) in [7, 11) is 0. The molecular weight excluding hydrogens is 616 g/mol. The van der Waals surface area contributed by atoms with E-state index in [0.29, 0.717) is 71.0 Å². The van der Waals surface area contributed by atoms with Crippen LogP contribution in [-0.2, 0) is 28.8 Å². The molecule has 0 spiro atoms. The van der Waals surface area contributed by atoms with Crippen LogP contribution in [0.1, 0.15) is 136 Å². The SMILES string of the molecule is CCCCCCCCCCC(NC(=O)[C@H](CCCCNC(=O)[C@H](CCCCN)NC(C)=O)NC(=O)[C@H](CCCCN)NC(C)=O)C(N)=O. The molecule has 0 radical (unpaired) electrons. The van der Waals surface area contributed by atoms with Crippen molar-refractivity contribution in [2.75, 3.05) is 19.6 Å². The van der Waals surface area contributed by atoms with Crippen molar-refractivity contribution in [1.29, 1.82) is 0 Å². The molecule has 11 N–H and O–H groups in total. The Morgan fingerprint density at radius 3 is 1.31 bits per heavy atom. The van der Waals surface area contributed by atoms with E-state index >= 15 is 0 Å². The van der Waals surface area contributed by atoms with Gasteiger partial charge in [-0.3, -0.25) is 28.8 Å². The third kappa shape index (κ3) is 23.1. The van der Waals surface area contributed by atoms with Crippen LogP contribution in [0.25, 0.3) is 0 Å². The molecule has 0 aliphatic carbocycles. The lowest BCUT2D eigenvalue weighted by Gasteiger charge is -2.25. The van der Waals surface area contributed by atoms with E-state index in [0.717, 1.165) is 32.1 Å². The predicted molar refractivity (Wildman–Crippen MR) is 188 cm³/mol. The van der Waals surface area contributed by atoms with Crippen LogP contribution in [0.5, 0.6) is 0 Å². The van der Waals surface area contributed by atoms with Crippen LogP contribution in [0.2, 0.25) is 0 Å². The number of primary amides is 1. The Morgan fingerprint density at radius 1 is 0.479 bits per heavy atom. The highest BCUT2D eigenvalue weighted by atomic mass is 16.2. The summed E-state index contributed by atoms with van der Waals surface area (Å²) in [5, 5.41) is 13.7. The number of rotatable bonds is 30. The van der Waals surface area contributed by atoms with Gasteiger partial charge in [0.25, 0.3) is 0 Å². The average molecular weight is 683 g/mol. The zero-order valence-corrected chi connectivity index (χ0v) is 29.8. The fraction of sp³-hybridized carbons (Fsp3) is 0.824. The van der Waals surface area contributed by atoms with Crippen molar-refractivity contribution in [3.63, 3.8) is 0 Å². The second-order valence-electron chi connectivity index (χ2n) is 12.7. The largest absolute Gasteiger partial charge is 0.368 e. The minimum Gasteiger partial charge on any atom is -0.368 e. The highest BCUT2D eigenvalue weighted by Crippen LogP contribution is 2.12. The van der Waals surface area contributed by atoms with E-state index in [1.54, 1.807) is 0 Å². The van der Waals surface area contributed by atoms with Gasteiger partial charge in [0.05, 0.1) is 0 Å². The molecule has 1 unspecified atom stereocenters. The molecule has 14 heteroatoms. The van der Waals surface area contributed by atoms with E-state index < -0.39 is 41.9 Å². The molecule has 0 aromatic carbocycles. The van der Waals surface area contributed by atoms with Crippen molar-refractivity contribution in [2.45, 2.75) is 161 Å². The number of nitrogens with one attached hydrogen (secondary N) is 5. The molecule has 0 aromatic rings. The standard InChI is InChI=1S/C34H66N8O6/c1-4-5-6-7-8-9-10-11-18-27(31(37)45)41-34(48)30(42-33(47)29(40-26(3)44)20-13-16-23-36)21-14-17-24-38-32(46)28(39-25(2)43)19-12-15-22-35/h27-30H,4-24,35-36H2,1-3H3,(H2,37,45)(H,38,46)(H,39,43)(H,40,44)(H,41,48)(H,42,47)/t27?,28-,29-,30-/m0/s1. The summed E-state index contributed by atoms with van der Waals surface area (Å²) in [6.45, 7) is 6.10. The maximum Gasteiger partial charge on any atom is 0.243 e. The lowest BCUT2D eigenvalue weighted by atomic mass is 10.0. The Morgan fingerprint density at radius 2 is 0.854 bits per heavy atom. The number of unbranched alkanes of at least 4 members (excludes halogenated alkanes) is 10. The first-order chi connectivity index (χ1) is 23.0. The molecule has 0 saturated heterocycles. The number of carbonyl (C=O) groups excluding carboxylic acids is 6. The molecule has 0 fully saturated rings. The lowest BCUT2D eigenvalue weighted by Crippen LogP contribution is -2.56. The molecule has 0 rings (SSSR count). The Balaban J connectivity index is 5.39. The smallest absolute Gasteiger partial charge is 0.243 e. The van der Waals surface area contributed by atoms with Gasteiger partial charge in [-0.1, -0.05) is 58.3 Å². The molecule has 0 aliphatic rings. The van der Waals surface area contributed by atoms with Crippen molar-refractivity contribution in [3.8, 4) is 0 Å². The van der Waals surface area contributed by atoms with Gasteiger partial charge in [-0.25, -0.2) is 0 Å². The number of nitrogens with two attached hydrogens (primary N) is 3. The summed E-state index contributed by atoms with van der Waals surface area (Å²) in [5.74, 6) is -2.66. The average Bonchev–Trinajstić information content (AvgIpc) is 3.03. The summed E-state index contributed by atoms with van der Waals surface area (Å²) < 4.78 is 0. The highest BCUT2D eigenvalue weighted by Gasteiger charge is 2.28. The second-order valence-corrected chi connectivity index (χ2v) is 12.7. The molecule has 0 aliphatic heterocycles. The van der Waals surface area contributed by atoms with Crippen molar-refractivity contribution >= 4 is 35.4 Å². The Labute approximate surface area is 288 Å². The summed E-state index contributed by atoms with van der Waals surface area (Å²) >= 11 is 0. The fourth-order valence-electron chi connectivity index (χ4n) is 5.40. The molecule has 14 nitrogen and oxygen atoms in total. The van der Waals surface area contributed by atoms with E-state index in [9.17, 15) is 28.8 Å². The topological polar surface area (TPSA) is 241 Å². The Kier molecular flexibility index (Phi) is 26.8. The van der Waals surface area contributed by atoms with E-state index in [1.807, 2.05) is 0 Å². The first-order valence-corrected chi connectivity index (χ1v) is 18.1. The molecule has 0 bridgehead atoms. The molecule has 48 heavy (non-hydrogen) atoms. The monoisotopic (exact) mass is 683 g/mol. The zero-order chi connectivity index (χ0) is 36.2. The quantitative estimate of drug-likeness (QED) is 0.0516. The van der Waals surface area contributed by atoms with Crippen molar-refractivity contribution < 1.29 is 28.8 Å². The van der Waals surface area contributed by atoms with Crippen LogP contribution < -0.4 is 43.8 Å². The van der Waals surface area contributed by atoms with Gasteiger partial charge in [0.2, 0.25) is 35.4 Å². The van der Waals surface area contributed by atoms with Crippen molar-refractivity contribution in [3.05, 3.63) is 0 Å². The molecule has 0 aromatic heterocycles. The van der Waals surface area contributed by atoms with Gasteiger partial charge in [-0.2, -0.15) is 0 Å². The van der Waals surface area contributed by atoms with Crippen LogP contribution in [0.4, 0.5) is 0 Å². The summed E-state index contributed by atoms with van der Waals surface area (Å²) in [5.41, 5.74) is 16.8. The molecule has 6 amide bonds. The molecule has 0 heterocycles. The van der Waals surface area contributed by atoms with E-state index in [2.05, 4.69) is 33.5 Å². The predicted octanol–water partition coefficient (Wildman–Crippen LogP) is 1.53. The first-order valence-electron chi connectivity index (χ1n) is 18.1. The molecule has 4 atom stereocenters. The van der Waals surface area contributed by atoms with Gasteiger partial charge in [0.1, 0.15) is 24.2 Å². The van der Waals surface area contributed by atoms with Gasteiger partial charge < -0.3 is 43.8 Å². The van der Waals surface area contributed by atoms with Gasteiger partial charge in [0.15, 0.2) is 0 Å². The van der Waals surface area contributed by atoms with Crippen LogP contribution >= 0.6 is 0 Å².